The number of anilines is 1. The second-order valence-corrected chi connectivity index (χ2v) is 10.8. The average Bonchev–Trinajstić information content (AvgIpc) is 2.76. The predicted molar refractivity (Wildman–Crippen MR) is 137 cm³/mol. The molecule has 0 aliphatic carbocycles. The van der Waals surface area contributed by atoms with Crippen LogP contribution >= 0.6 is 11.6 Å². The molecular weight excluding hydrogens is 474 g/mol. The third-order valence-corrected chi connectivity index (χ3v) is 6.85. The zero-order chi connectivity index (χ0) is 25.5. The molecular formula is C25H34ClN3O4S. The van der Waals surface area contributed by atoms with Gasteiger partial charge in [0.2, 0.25) is 21.8 Å². The van der Waals surface area contributed by atoms with Gasteiger partial charge in [0.05, 0.1) is 11.9 Å². The van der Waals surface area contributed by atoms with Gasteiger partial charge in [-0.25, -0.2) is 8.42 Å². The molecule has 0 bridgehead atoms. The number of aryl methyl sites for hydroxylation is 2. The van der Waals surface area contributed by atoms with Crippen LogP contribution in [0.5, 0.6) is 0 Å². The molecule has 1 N–H and O–H groups in total. The van der Waals surface area contributed by atoms with Crippen LogP contribution in [0.3, 0.4) is 0 Å². The minimum absolute atomic E-state index is 0.185. The molecule has 0 fully saturated rings. The van der Waals surface area contributed by atoms with E-state index in [0.717, 1.165) is 28.1 Å². The van der Waals surface area contributed by atoms with Crippen molar-refractivity contribution in [2.45, 2.75) is 53.1 Å². The largest absolute Gasteiger partial charge is 0.354 e. The van der Waals surface area contributed by atoms with Gasteiger partial charge >= 0.3 is 0 Å². The van der Waals surface area contributed by atoms with Crippen LogP contribution in [0.2, 0.25) is 5.02 Å². The van der Waals surface area contributed by atoms with E-state index in [2.05, 4.69) is 5.32 Å². The lowest BCUT2D eigenvalue weighted by Crippen LogP contribution is -2.52. The van der Waals surface area contributed by atoms with E-state index in [1.165, 1.54) is 11.0 Å². The van der Waals surface area contributed by atoms with Gasteiger partial charge in [-0.15, -0.1) is 0 Å². The van der Waals surface area contributed by atoms with Crippen LogP contribution in [0.4, 0.5) is 5.69 Å². The lowest BCUT2D eigenvalue weighted by atomic mass is 10.1. The summed E-state index contributed by atoms with van der Waals surface area (Å²) in [5.41, 5.74) is 2.89. The zero-order valence-corrected chi connectivity index (χ0v) is 22.0. The van der Waals surface area contributed by atoms with Crippen molar-refractivity contribution in [3.63, 3.8) is 0 Å². The molecule has 0 spiro atoms. The highest BCUT2D eigenvalue weighted by molar-refractivity contribution is 7.92. The highest BCUT2D eigenvalue weighted by atomic mass is 35.5. The van der Waals surface area contributed by atoms with Gasteiger partial charge in [-0.3, -0.25) is 13.9 Å². The van der Waals surface area contributed by atoms with Gasteiger partial charge in [0.25, 0.3) is 0 Å². The van der Waals surface area contributed by atoms with Crippen molar-refractivity contribution in [2.24, 2.45) is 0 Å². The van der Waals surface area contributed by atoms with Crippen molar-refractivity contribution in [1.29, 1.82) is 0 Å². The van der Waals surface area contributed by atoms with Crippen molar-refractivity contribution in [3.8, 4) is 0 Å². The van der Waals surface area contributed by atoms with E-state index in [1.54, 1.807) is 19.1 Å². The van der Waals surface area contributed by atoms with E-state index >= 15 is 0 Å². The van der Waals surface area contributed by atoms with Crippen molar-refractivity contribution in [2.75, 3.05) is 23.7 Å². The molecule has 0 heterocycles. The van der Waals surface area contributed by atoms with Crippen molar-refractivity contribution >= 4 is 39.1 Å². The first-order valence-corrected chi connectivity index (χ1v) is 13.6. The Kier molecular flexibility index (Phi) is 9.94. The molecule has 9 heteroatoms. The third kappa shape index (κ3) is 7.46. The lowest BCUT2D eigenvalue weighted by Gasteiger charge is -2.33. The van der Waals surface area contributed by atoms with Gasteiger partial charge < -0.3 is 10.2 Å². The standard InChI is InChI=1S/C25H34ClN3O4S/c1-6-13-27-25(31)22(7-2)28(16-20-10-8-9-18(3)14-20)24(30)17-29(34(5,32)33)23-15-21(26)12-11-19(23)4/h8-12,14-15,22H,6-7,13,16-17H2,1-5H3,(H,27,31)/t22-/m0/s1. The maximum Gasteiger partial charge on any atom is 0.244 e. The Hall–Kier alpha value is -2.58. The number of halogens is 1. The molecule has 0 radical (unpaired) electrons. The molecule has 2 rings (SSSR count). The van der Waals surface area contributed by atoms with Crippen molar-refractivity contribution in [1.82, 2.24) is 10.2 Å². The Bertz CT molecular complexity index is 1120. The molecule has 186 valence electrons. The minimum atomic E-state index is -3.81. The molecule has 34 heavy (non-hydrogen) atoms. The number of hydrogen-bond donors (Lipinski definition) is 1. The first-order chi connectivity index (χ1) is 16.0. The molecule has 0 saturated heterocycles. The van der Waals surface area contributed by atoms with Crippen LogP contribution in [0.25, 0.3) is 0 Å². The number of nitrogens with zero attached hydrogens (tertiary/aromatic N) is 2. The van der Waals surface area contributed by atoms with Gasteiger partial charge in [-0.2, -0.15) is 0 Å². The molecule has 2 amide bonds. The molecule has 1 atom stereocenters. The summed E-state index contributed by atoms with van der Waals surface area (Å²) >= 11 is 6.13. The second-order valence-electron chi connectivity index (χ2n) is 8.43. The topological polar surface area (TPSA) is 86.8 Å². The Morgan fingerprint density at radius 3 is 2.38 bits per heavy atom. The maximum absolute atomic E-state index is 13.6. The molecule has 0 unspecified atom stereocenters. The number of benzene rings is 2. The molecule has 2 aromatic carbocycles. The quantitative estimate of drug-likeness (QED) is 0.497. The number of rotatable bonds is 11. The fraction of sp³-hybridized carbons (Fsp3) is 0.440. The number of sulfonamides is 1. The van der Waals surface area contributed by atoms with Crippen molar-refractivity contribution in [3.05, 3.63) is 64.2 Å². The number of carbonyl (C=O) groups is 2. The molecule has 0 aromatic heterocycles. The van der Waals surface area contributed by atoms with E-state index in [9.17, 15) is 18.0 Å². The first-order valence-electron chi connectivity index (χ1n) is 11.3. The third-order valence-electron chi connectivity index (χ3n) is 5.49. The summed E-state index contributed by atoms with van der Waals surface area (Å²) in [6, 6.07) is 11.8. The number of hydrogen-bond acceptors (Lipinski definition) is 4. The van der Waals surface area contributed by atoms with E-state index in [4.69, 9.17) is 11.6 Å². The fourth-order valence-electron chi connectivity index (χ4n) is 3.74. The lowest BCUT2D eigenvalue weighted by molar-refractivity contribution is -0.140. The van der Waals surface area contributed by atoms with Crippen LogP contribution in [-0.4, -0.2) is 50.5 Å². The van der Waals surface area contributed by atoms with E-state index in [0.29, 0.717) is 29.2 Å². The van der Waals surface area contributed by atoms with Gasteiger partial charge in [0.15, 0.2) is 0 Å². The molecule has 0 aliphatic heterocycles. The minimum Gasteiger partial charge on any atom is -0.354 e. The predicted octanol–water partition coefficient (Wildman–Crippen LogP) is 4.06. The monoisotopic (exact) mass is 507 g/mol. The highest BCUT2D eigenvalue weighted by Gasteiger charge is 2.32. The molecule has 0 saturated carbocycles. The Morgan fingerprint density at radius 1 is 1.09 bits per heavy atom. The molecule has 2 aromatic rings. The first kappa shape index (κ1) is 27.7. The summed E-state index contributed by atoms with van der Waals surface area (Å²) in [5.74, 6) is -0.722. The van der Waals surface area contributed by atoms with Crippen LogP contribution in [0.15, 0.2) is 42.5 Å². The van der Waals surface area contributed by atoms with Gasteiger partial charge in [-0.1, -0.05) is 61.3 Å². The van der Waals surface area contributed by atoms with Gasteiger partial charge in [0.1, 0.15) is 12.6 Å². The Balaban J connectivity index is 2.47. The summed E-state index contributed by atoms with van der Waals surface area (Å²) in [4.78, 5) is 28.0. The van der Waals surface area contributed by atoms with E-state index in [1.807, 2.05) is 45.0 Å². The number of amides is 2. The Morgan fingerprint density at radius 2 is 1.79 bits per heavy atom. The van der Waals surface area contributed by atoms with E-state index < -0.39 is 28.5 Å². The normalized spacial score (nSPS) is 12.2. The summed E-state index contributed by atoms with van der Waals surface area (Å²) in [5, 5.41) is 3.23. The zero-order valence-electron chi connectivity index (χ0n) is 20.5. The van der Waals surface area contributed by atoms with Crippen LogP contribution < -0.4 is 9.62 Å². The second kappa shape index (κ2) is 12.2. The molecule has 0 aliphatic rings. The number of nitrogens with one attached hydrogen (secondary N) is 1. The maximum atomic E-state index is 13.6. The van der Waals surface area contributed by atoms with Crippen molar-refractivity contribution < 1.29 is 18.0 Å². The summed E-state index contributed by atoms with van der Waals surface area (Å²) in [7, 11) is -3.81. The molecule has 7 nitrogen and oxygen atoms in total. The smallest absolute Gasteiger partial charge is 0.244 e. The van der Waals surface area contributed by atoms with Crippen LogP contribution in [0.1, 0.15) is 43.4 Å². The summed E-state index contributed by atoms with van der Waals surface area (Å²) in [6.45, 7) is 7.74. The van der Waals surface area contributed by atoms with Crippen LogP contribution in [-0.2, 0) is 26.2 Å². The van der Waals surface area contributed by atoms with Crippen LogP contribution in [0, 0.1) is 13.8 Å². The Labute approximate surface area is 208 Å². The van der Waals surface area contributed by atoms with Gasteiger partial charge in [0, 0.05) is 18.1 Å². The highest BCUT2D eigenvalue weighted by Crippen LogP contribution is 2.27. The number of carbonyl (C=O) groups excluding carboxylic acids is 2. The summed E-state index contributed by atoms with van der Waals surface area (Å²) < 4.78 is 26.5. The van der Waals surface area contributed by atoms with E-state index in [-0.39, 0.29) is 12.5 Å². The fourth-order valence-corrected chi connectivity index (χ4v) is 4.80. The summed E-state index contributed by atoms with van der Waals surface area (Å²) in [6.07, 6.45) is 2.21. The van der Waals surface area contributed by atoms with Gasteiger partial charge in [-0.05, 0) is 49.9 Å². The average molecular weight is 508 g/mol. The SMILES string of the molecule is CCCNC(=O)[C@H](CC)N(Cc1cccc(C)c1)C(=O)CN(c1cc(Cl)ccc1C)S(C)(=O)=O.